The van der Waals surface area contributed by atoms with E-state index in [9.17, 15) is 9.90 Å². The van der Waals surface area contributed by atoms with Crippen molar-refractivity contribution in [3.63, 3.8) is 0 Å². The Morgan fingerprint density at radius 1 is 1.38 bits per heavy atom. The van der Waals surface area contributed by atoms with E-state index in [1.165, 1.54) is 0 Å². The van der Waals surface area contributed by atoms with Crippen LogP contribution in [-0.2, 0) is 4.79 Å². The van der Waals surface area contributed by atoms with Gasteiger partial charge in [-0.05, 0) is 18.8 Å². The number of nitrogens with one attached hydrogen (secondary N) is 1. The van der Waals surface area contributed by atoms with Crippen LogP contribution >= 0.6 is 0 Å². The van der Waals surface area contributed by atoms with Gasteiger partial charge in [-0.1, -0.05) is 34.1 Å². The summed E-state index contributed by atoms with van der Waals surface area (Å²) >= 11 is 0. The molecule has 0 fully saturated rings. The van der Waals surface area contributed by atoms with Crippen molar-refractivity contribution in [2.45, 2.75) is 58.6 Å². The van der Waals surface area contributed by atoms with Crippen molar-refractivity contribution in [1.29, 1.82) is 0 Å². The molecule has 0 aliphatic heterocycles. The van der Waals surface area contributed by atoms with Gasteiger partial charge in [0.1, 0.15) is 0 Å². The summed E-state index contributed by atoms with van der Waals surface area (Å²) in [6.45, 7) is 8.06. The van der Waals surface area contributed by atoms with Gasteiger partial charge in [0.15, 0.2) is 0 Å². The van der Waals surface area contributed by atoms with Crippen LogP contribution in [0.25, 0.3) is 0 Å². The van der Waals surface area contributed by atoms with Crippen molar-refractivity contribution in [1.82, 2.24) is 5.32 Å². The fourth-order valence-electron chi connectivity index (χ4n) is 1.38. The van der Waals surface area contributed by atoms with E-state index in [0.29, 0.717) is 12.8 Å². The van der Waals surface area contributed by atoms with Crippen molar-refractivity contribution in [3.8, 4) is 0 Å². The zero-order valence-electron chi connectivity index (χ0n) is 10.9. The van der Waals surface area contributed by atoms with Gasteiger partial charge in [-0.15, -0.1) is 0 Å². The molecule has 0 aromatic carbocycles. The Balaban J connectivity index is 4.16. The summed E-state index contributed by atoms with van der Waals surface area (Å²) in [7, 11) is 0. The molecule has 0 aromatic heterocycles. The minimum atomic E-state index is -0.801. The molecule has 4 heteroatoms. The first-order valence-corrected chi connectivity index (χ1v) is 6.15. The lowest BCUT2D eigenvalue weighted by Crippen LogP contribution is -2.49. The van der Waals surface area contributed by atoms with Crippen molar-refractivity contribution < 1.29 is 9.90 Å². The average molecular weight is 230 g/mol. The fourth-order valence-corrected chi connectivity index (χ4v) is 1.38. The summed E-state index contributed by atoms with van der Waals surface area (Å²) in [4.78, 5) is 11.7. The molecule has 4 N–H and O–H groups in total. The quantitative estimate of drug-likeness (QED) is 0.611. The second kappa shape index (κ2) is 6.86. The number of hydrogen-bond acceptors (Lipinski definition) is 3. The Hall–Kier alpha value is -0.610. The van der Waals surface area contributed by atoms with E-state index in [2.05, 4.69) is 5.32 Å². The highest BCUT2D eigenvalue weighted by molar-refractivity contribution is 5.81. The first-order valence-electron chi connectivity index (χ1n) is 6.15. The Kier molecular flexibility index (Phi) is 6.60. The molecule has 96 valence electrons. The van der Waals surface area contributed by atoms with Crippen LogP contribution in [0.4, 0.5) is 0 Å². The molecule has 1 unspecified atom stereocenters. The summed E-state index contributed by atoms with van der Waals surface area (Å²) in [5.41, 5.74) is 4.99. The number of nitrogens with two attached hydrogens (primary N) is 1. The van der Waals surface area contributed by atoms with Crippen LogP contribution in [0.2, 0.25) is 0 Å². The predicted molar refractivity (Wildman–Crippen MR) is 66.0 cm³/mol. The van der Waals surface area contributed by atoms with Crippen LogP contribution < -0.4 is 11.1 Å². The Morgan fingerprint density at radius 2 is 1.88 bits per heavy atom. The summed E-state index contributed by atoms with van der Waals surface area (Å²) in [5.74, 6) is -0.00831. The molecule has 2 atom stereocenters. The molecule has 0 saturated carbocycles. The molecule has 0 radical (unpaired) electrons. The van der Waals surface area contributed by atoms with Crippen LogP contribution in [0.1, 0.15) is 47.0 Å². The molecule has 0 heterocycles. The molecular weight excluding hydrogens is 204 g/mol. The molecular formula is C12H26N2O2. The molecule has 0 spiro atoms. The van der Waals surface area contributed by atoms with Crippen molar-refractivity contribution >= 4 is 5.91 Å². The third kappa shape index (κ3) is 4.49. The van der Waals surface area contributed by atoms with Gasteiger partial charge in [0.05, 0.1) is 11.6 Å². The largest absolute Gasteiger partial charge is 0.388 e. The van der Waals surface area contributed by atoms with Gasteiger partial charge in [-0.25, -0.2) is 0 Å². The van der Waals surface area contributed by atoms with Crippen molar-refractivity contribution in [2.75, 3.05) is 6.54 Å². The maximum Gasteiger partial charge on any atom is 0.237 e. The SMILES string of the molecule is CCC(C)[C@H](N)C(=O)NCC(O)(CC)CC. The first kappa shape index (κ1) is 15.4. The van der Waals surface area contributed by atoms with E-state index >= 15 is 0 Å². The zero-order chi connectivity index (χ0) is 12.8. The number of carbonyl (C=O) groups is 1. The Bertz CT molecular complexity index is 215. The monoisotopic (exact) mass is 230 g/mol. The standard InChI is InChI=1S/C12H26N2O2/c1-5-9(4)10(13)11(15)14-8-12(16,6-2)7-3/h9-10,16H,5-8,13H2,1-4H3,(H,14,15)/t9?,10-/m0/s1. The van der Waals surface area contributed by atoms with Gasteiger partial charge in [0.2, 0.25) is 5.91 Å². The van der Waals surface area contributed by atoms with E-state index in [1.807, 2.05) is 27.7 Å². The smallest absolute Gasteiger partial charge is 0.237 e. The molecule has 1 amide bonds. The molecule has 0 aliphatic rings. The van der Waals surface area contributed by atoms with Crippen molar-refractivity contribution in [3.05, 3.63) is 0 Å². The second-order valence-corrected chi connectivity index (χ2v) is 4.56. The van der Waals surface area contributed by atoms with Gasteiger partial charge in [-0.3, -0.25) is 4.79 Å². The van der Waals surface area contributed by atoms with Gasteiger partial charge in [-0.2, -0.15) is 0 Å². The van der Waals surface area contributed by atoms with Gasteiger partial charge in [0.25, 0.3) is 0 Å². The summed E-state index contributed by atoms with van der Waals surface area (Å²) in [6.07, 6.45) is 2.13. The van der Waals surface area contributed by atoms with Crippen LogP contribution in [0.5, 0.6) is 0 Å². The minimum Gasteiger partial charge on any atom is -0.388 e. The number of rotatable bonds is 7. The highest BCUT2D eigenvalue weighted by Gasteiger charge is 2.25. The number of amides is 1. The second-order valence-electron chi connectivity index (χ2n) is 4.56. The highest BCUT2D eigenvalue weighted by atomic mass is 16.3. The van der Waals surface area contributed by atoms with Gasteiger partial charge < -0.3 is 16.2 Å². The van der Waals surface area contributed by atoms with Crippen LogP contribution in [0, 0.1) is 5.92 Å². The van der Waals surface area contributed by atoms with Gasteiger partial charge in [0, 0.05) is 6.54 Å². The summed E-state index contributed by atoms with van der Waals surface area (Å²) < 4.78 is 0. The predicted octanol–water partition coefficient (Wildman–Crippen LogP) is 1.03. The number of hydrogen-bond donors (Lipinski definition) is 3. The minimum absolute atomic E-state index is 0.163. The van der Waals surface area contributed by atoms with Gasteiger partial charge >= 0.3 is 0 Å². The van der Waals surface area contributed by atoms with E-state index in [0.717, 1.165) is 6.42 Å². The first-order chi connectivity index (χ1) is 7.40. The Morgan fingerprint density at radius 3 is 2.25 bits per heavy atom. The van der Waals surface area contributed by atoms with E-state index in [4.69, 9.17) is 5.73 Å². The zero-order valence-corrected chi connectivity index (χ0v) is 10.9. The fraction of sp³-hybridized carbons (Fsp3) is 0.917. The molecule has 0 bridgehead atoms. The number of carbonyl (C=O) groups excluding carboxylic acids is 1. The molecule has 0 aliphatic carbocycles. The van der Waals surface area contributed by atoms with E-state index < -0.39 is 11.6 Å². The highest BCUT2D eigenvalue weighted by Crippen LogP contribution is 2.13. The van der Waals surface area contributed by atoms with E-state index in [-0.39, 0.29) is 18.4 Å². The van der Waals surface area contributed by atoms with Crippen molar-refractivity contribution in [2.24, 2.45) is 11.7 Å². The lowest BCUT2D eigenvalue weighted by Gasteiger charge is -2.27. The van der Waals surface area contributed by atoms with Crippen LogP contribution in [0.15, 0.2) is 0 Å². The lowest BCUT2D eigenvalue weighted by molar-refractivity contribution is -0.124. The summed E-state index contributed by atoms with van der Waals surface area (Å²) in [6, 6.07) is -0.483. The maximum atomic E-state index is 11.7. The number of aliphatic hydroxyl groups is 1. The summed E-state index contributed by atoms with van der Waals surface area (Å²) in [5, 5.41) is 12.7. The molecule has 0 rings (SSSR count). The third-order valence-corrected chi connectivity index (χ3v) is 3.47. The van der Waals surface area contributed by atoms with Crippen LogP contribution in [0.3, 0.4) is 0 Å². The Labute approximate surface area is 98.6 Å². The molecule has 4 nitrogen and oxygen atoms in total. The van der Waals surface area contributed by atoms with Crippen LogP contribution in [-0.4, -0.2) is 29.2 Å². The molecule has 0 aromatic rings. The normalized spacial score (nSPS) is 15.6. The maximum absolute atomic E-state index is 11.7. The third-order valence-electron chi connectivity index (χ3n) is 3.47. The average Bonchev–Trinajstić information content (AvgIpc) is 2.33. The lowest BCUT2D eigenvalue weighted by atomic mass is 9.96. The van der Waals surface area contributed by atoms with E-state index in [1.54, 1.807) is 0 Å². The molecule has 16 heavy (non-hydrogen) atoms. The topological polar surface area (TPSA) is 75.4 Å². The molecule has 0 saturated heterocycles.